The predicted molar refractivity (Wildman–Crippen MR) is 158 cm³/mol. The van der Waals surface area contributed by atoms with Crippen LogP contribution in [0.1, 0.15) is 0 Å². The maximum absolute atomic E-state index is 13.3. The van der Waals surface area contributed by atoms with Gasteiger partial charge in [0.15, 0.2) is 23.0 Å². The SMILES string of the molecule is C=CCn1c(=O)c2cnc(Nc3ccc(N4CCN(C)CC4)cc3)nc2n1-c1cccc(-c2ncc(OC)cn2)n1. The summed E-state index contributed by atoms with van der Waals surface area (Å²) in [6.07, 6.45) is 6.36. The highest BCUT2D eigenvalue weighted by Crippen LogP contribution is 2.23. The second-order valence-corrected chi connectivity index (χ2v) is 9.71. The summed E-state index contributed by atoms with van der Waals surface area (Å²) in [7, 11) is 3.70. The Morgan fingerprint density at radius 1 is 0.976 bits per heavy atom. The molecular formula is C29H30N10O2. The van der Waals surface area contributed by atoms with E-state index in [9.17, 15) is 4.79 Å². The Labute approximate surface area is 236 Å². The molecule has 4 aromatic heterocycles. The van der Waals surface area contributed by atoms with Crippen molar-refractivity contribution in [3.8, 4) is 23.1 Å². The molecule has 1 aromatic carbocycles. The number of fused-ring (bicyclic) bond motifs is 1. The van der Waals surface area contributed by atoms with E-state index < -0.39 is 0 Å². The van der Waals surface area contributed by atoms with Crippen molar-refractivity contribution in [3.63, 3.8) is 0 Å². The third-order valence-corrected chi connectivity index (χ3v) is 7.01. The molecule has 1 saturated heterocycles. The summed E-state index contributed by atoms with van der Waals surface area (Å²) in [6, 6.07) is 13.7. The fourth-order valence-electron chi connectivity index (χ4n) is 4.78. The van der Waals surface area contributed by atoms with Crippen LogP contribution in [0.3, 0.4) is 0 Å². The molecule has 1 aliphatic heterocycles. The van der Waals surface area contributed by atoms with Crippen molar-refractivity contribution in [1.29, 1.82) is 0 Å². The van der Waals surface area contributed by atoms with E-state index in [1.807, 2.05) is 18.2 Å². The second-order valence-electron chi connectivity index (χ2n) is 9.71. The maximum atomic E-state index is 13.3. The van der Waals surface area contributed by atoms with Gasteiger partial charge >= 0.3 is 0 Å². The minimum absolute atomic E-state index is 0.240. The van der Waals surface area contributed by atoms with E-state index in [0.717, 1.165) is 31.9 Å². The van der Waals surface area contributed by atoms with Gasteiger partial charge in [-0.15, -0.1) is 6.58 Å². The van der Waals surface area contributed by atoms with Crippen LogP contribution in [0.2, 0.25) is 0 Å². The number of anilines is 3. The van der Waals surface area contributed by atoms with Gasteiger partial charge in [-0.05, 0) is 43.4 Å². The van der Waals surface area contributed by atoms with Gasteiger partial charge in [-0.3, -0.25) is 4.79 Å². The smallest absolute Gasteiger partial charge is 0.278 e. The minimum Gasteiger partial charge on any atom is -0.494 e. The van der Waals surface area contributed by atoms with Crippen molar-refractivity contribution < 1.29 is 4.74 Å². The van der Waals surface area contributed by atoms with E-state index in [0.29, 0.717) is 40.1 Å². The molecule has 0 atom stereocenters. The zero-order chi connectivity index (χ0) is 28.3. The minimum atomic E-state index is -0.240. The van der Waals surface area contributed by atoms with Crippen LogP contribution in [0.25, 0.3) is 28.4 Å². The zero-order valence-corrected chi connectivity index (χ0v) is 22.9. The van der Waals surface area contributed by atoms with Crippen molar-refractivity contribution >= 4 is 28.4 Å². The van der Waals surface area contributed by atoms with Gasteiger partial charge in [0, 0.05) is 43.8 Å². The van der Waals surface area contributed by atoms with E-state index in [2.05, 4.69) is 55.8 Å². The number of ether oxygens (including phenoxy) is 1. The monoisotopic (exact) mass is 550 g/mol. The molecular weight excluding hydrogens is 520 g/mol. The average molecular weight is 551 g/mol. The van der Waals surface area contributed by atoms with Gasteiger partial charge in [0.2, 0.25) is 5.95 Å². The number of piperazine rings is 1. The molecule has 208 valence electrons. The average Bonchev–Trinajstić information content (AvgIpc) is 3.28. The van der Waals surface area contributed by atoms with Crippen LogP contribution in [0.4, 0.5) is 17.3 Å². The molecule has 0 aliphatic carbocycles. The second kappa shape index (κ2) is 11.2. The number of benzene rings is 1. The molecule has 5 heterocycles. The fraction of sp³-hybridized carbons (Fsp3) is 0.241. The van der Waals surface area contributed by atoms with Crippen LogP contribution in [-0.4, -0.2) is 79.5 Å². The van der Waals surface area contributed by atoms with Crippen molar-refractivity contribution in [2.45, 2.75) is 6.54 Å². The lowest BCUT2D eigenvalue weighted by molar-refractivity contribution is 0.313. The van der Waals surface area contributed by atoms with E-state index in [1.165, 1.54) is 16.6 Å². The lowest BCUT2D eigenvalue weighted by atomic mass is 10.2. The first-order chi connectivity index (χ1) is 20.0. The van der Waals surface area contributed by atoms with Gasteiger partial charge in [-0.25, -0.2) is 29.3 Å². The number of hydrogen-bond acceptors (Lipinski definition) is 10. The molecule has 0 bridgehead atoms. The molecule has 0 radical (unpaired) electrons. The number of hydrogen-bond donors (Lipinski definition) is 1. The van der Waals surface area contributed by atoms with Crippen LogP contribution in [0, 0.1) is 0 Å². The van der Waals surface area contributed by atoms with E-state index in [4.69, 9.17) is 14.7 Å². The van der Waals surface area contributed by atoms with Crippen LogP contribution in [-0.2, 0) is 6.54 Å². The van der Waals surface area contributed by atoms with Crippen LogP contribution < -0.4 is 20.5 Å². The summed E-state index contributed by atoms with van der Waals surface area (Å²) < 4.78 is 8.37. The number of aromatic nitrogens is 7. The quantitative estimate of drug-likeness (QED) is 0.289. The zero-order valence-electron chi connectivity index (χ0n) is 22.9. The third-order valence-electron chi connectivity index (χ3n) is 7.01. The summed E-state index contributed by atoms with van der Waals surface area (Å²) in [4.78, 5) is 40.7. The molecule has 41 heavy (non-hydrogen) atoms. The summed E-state index contributed by atoms with van der Waals surface area (Å²) >= 11 is 0. The maximum Gasteiger partial charge on any atom is 0.278 e. The van der Waals surface area contributed by atoms with Gasteiger partial charge in [0.25, 0.3) is 5.56 Å². The Kier molecular flexibility index (Phi) is 7.13. The largest absolute Gasteiger partial charge is 0.494 e. The molecule has 12 heteroatoms. The van der Waals surface area contributed by atoms with Crippen molar-refractivity contribution in [2.24, 2.45) is 0 Å². The predicted octanol–water partition coefficient (Wildman–Crippen LogP) is 3.12. The number of nitrogens with one attached hydrogen (secondary N) is 1. The Morgan fingerprint density at radius 3 is 2.44 bits per heavy atom. The molecule has 0 spiro atoms. The van der Waals surface area contributed by atoms with Crippen LogP contribution >= 0.6 is 0 Å². The normalized spacial score (nSPS) is 13.9. The highest BCUT2D eigenvalue weighted by atomic mass is 16.5. The summed E-state index contributed by atoms with van der Waals surface area (Å²) in [6.45, 7) is 8.18. The highest BCUT2D eigenvalue weighted by Gasteiger charge is 2.19. The van der Waals surface area contributed by atoms with Crippen LogP contribution in [0.15, 0.2) is 78.5 Å². The van der Waals surface area contributed by atoms with Crippen molar-refractivity contribution in [3.05, 3.63) is 84.1 Å². The number of methoxy groups -OCH3 is 1. The van der Waals surface area contributed by atoms with E-state index >= 15 is 0 Å². The van der Waals surface area contributed by atoms with Crippen molar-refractivity contribution in [2.75, 3.05) is 50.6 Å². The molecule has 1 N–H and O–H groups in total. The van der Waals surface area contributed by atoms with Gasteiger partial charge in [0.05, 0.1) is 26.0 Å². The lowest BCUT2D eigenvalue weighted by Gasteiger charge is -2.34. The number of pyridine rings is 1. The van der Waals surface area contributed by atoms with Gasteiger partial charge in [-0.1, -0.05) is 12.1 Å². The van der Waals surface area contributed by atoms with Crippen molar-refractivity contribution in [1.82, 2.24) is 39.2 Å². The Hall–Kier alpha value is -5.10. The highest BCUT2D eigenvalue weighted by molar-refractivity contribution is 5.77. The van der Waals surface area contributed by atoms with E-state index in [-0.39, 0.29) is 12.1 Å². The molecule has 5 aromatic rings. The van der Waals surface area contributed by atoms with E-state index in [1.54, 1.807) is 42.4 Å². The number of likely N-dealkylation sites (N-methyl/N-ethyl adjacent to an activating group) is 1. The molecule has 0 saturated carbocycles. The summed E-state index contributed by atoms with van der Waals surface area (Å²) in [5.41, 5.74) is 2.75. The third kappa shape index (κ3) is 5.24. The van der Waals surface area contributed by atoms with Crippen LogP contribution in [0.5, 0.6) is 5.75 Å². The first-order valence-corrected chi connectivity index (χ1v) is 13.3. The molecule has 0 amide bonds. The molecule has 6 rings (SSSR count). The Balaban J connectivity index is 1.34. The summed E-state index contributed by atoms with van der Waals surface area (Å²) in [5, 5.41) is 3.65. The topological polar surface area (TPSA) is 119 Å². The van der Waals surface area contributed by atoms with Gasteiger partial charge < -0.3 is 19.9 Å². The Bertz CT molecular complexity index is 1740. The molecule has 1 fully saturated rings. The number of rotatable bonds is 8. The summed E-state index contributed by atoms with van der Waals surface area (Å²) in [5.74, 6) is 1.83. The number of nitrogens with zero attached hydrogens (tertiary/aromatic N) is 9. The molecule has 1 aliphatic rings. The van der Waals surface area contributed by atoms with Gasteiger partial charge in [0.1, 0.15) is 11.1 Å². The lowest BCUT2D eigenvalue weighted by Crippen LogP contribution is -2.44. The van der Waals surface area contributed by atoms with Gasteiger partial charge in [-0.2, -0.15) is 4.98 Å². The molecule has 12 nitrogen and oxygen atoms in total. The Morgan fingerprint density at radius 2 is 1.73 bits per heavy atom. The molecule has 0 unspecified atom stereocenters. The first kappa shape index (κ1) is 26.1. The number of allylic oxidation sites excluding steroid dienone is 1. The standard InChI is InChI=1S/C29H30N10O2/c1-4-12-38-28(40)23-19-32-29(33-20-8-10-21(11-9-20)37-15-13-36(2)14-16-37)35-27(23)39(38)25-7-5-6-24(34-25)26-30-17-22(41-3)18-31-26/h4-11,17-19H,1,12-16H2,2-3H3,(H,32,33,35). The fourth-order valence-corrected chi connectivity index (χ4v) is 4.78. The first-order valence-electron chi connectivity index (χ1n) is 13.3.